The van der Waals surface area contributed by atoms with Gasteiger partial charge in [-0.15, -0.1) is 0 Å². The maximum absolute atomic E-state index is 11.8. The maximum Gasteiger partial charge on any atom is 0.313 e. The molecule has 0 fully saturated rings. The van der Waals surface area contributed by atoms with Crippen molar-refractivity contribution in [3.63, 3.8) is 0 Å². The van der Waals surface area contributed by atoms with Gasteiger partial charge in [0.25, 0.3) is 0 Å². The van der Waals surface area contributed by atoms with Crippen LogP contribution >= 0.6 is 0 Å². The van der Waals surface area contributed by atoms with E-state index in [1.807, 2.05) is 19.1 Å². The van der Waals surface area contributed by atoms with Crippen molar-refractivity contribution < 1.29 is 14.7 Å². The van der Waals surface area contributed by atoms with Crippen LogP contribution in [-0.2, 0) is 15.0 Å². The molecule has 1 aromatic rings. The zero-order chi connectivity index (χ0) is 16.0. The summed E-state index contributed by atoms with van der Waals surface area (Å²) in [7, 11) is 0. The first-order valence-electron chi connectivity index (χ1n) is 7.11. The molecule has 2 amide bonds. The number of nitrogens with one attached hydrogen (secondary N) is 2. The molecule has 1 aromatic carbocycles. The van der Waals surface area contributed by atoms with Gasteiger partial charge in [-0.05, 0) is 29.5 Å². The van der Waals surface area contributed by atoms with Crippen molar-refractivity contribution in [3.8, 4) is 0 Å². The van der Waals surface area contributed by atoms with Gasteiger partial charge in [0.15, 0.2) is 0 Å². The monoisotopic (exact) mass is 292 g/mol. The van der Waals surface area contributed by atoms with Crippen LogP contribution in [0.1, 0.15) is 39.7 Å². The number of benzene rings is 1. The Balaban J connectivity index is 2.64. The first-order valence-corrected chi connectivity index (χ1v) is 7.11. The third-order valence-electron chi connectivity index (χ3n) is 3.26. The van der Waals surface area contributed by atoms with Crippen molar-refractivity contribution in [2.75, 3.05) is 11.9 Å². The number of hydrogen-bond donors (Lipinski definition) is 3. The molecule has 5 heteroatoms. The molecule has 1 rings (SSSR count). The molecule has 0 heterocycles. The van der Waals surface area contributed by atoms with Gasteiger partial charge in [0, 0.05) is 5.69 Å². The highest BCUT2D eigenvalue weighted by Gasteiger charge is 2.18. The minimum atomic E-state index is -0.740. The van der Waals surface area contributed by atoms with E-state index in [1.165, 1.54) is 0 Å². The molecule has 1 atom stereocenters. The number of carbonyl (C=O) groups excluding carboxylic acids is 2. The summed E-state index contributed by atoms with van der Waals surface area (Å²) in [5.74, 6) is -1.47. The molecule has 0 saturated heterocycles. The minimum Gasteiger partial charge on any atom is -0.394 e. The number of rotatable bonds is 4. The van der Waals surface area contributed by atoms with Crippen molar-refractivity contribution >= 4 is 17.5 Å². The second-order valence-electron chi connectivity index (χ2n) is 6.04. The van der Waals surface area contributed by atoms with Crippen LogP contribution in [0.3, 0.4) is 0 Å². The Kier molecular flexibility index (Phi) is 5.90. The Bertz CT molecular complexity index is 485. The molecule has 0 aliphatic heterocycles. The van der Waals surface area contributed by atoms with Gasteiger partial charge in [-0.1, -0.05) is 39.8 Å². The van der Waals surface area contributed by atoms with Crippen LogP contribution in [0, 0.1) is 0 Å². The van der Waals surface area contributed by atoms with Gasteiger partial charge < -0.3 is 15.7 Å². The lowest BCUT2D eigenvalue weighted by Crippen LogP contribution is -2.43. The lowest BCUT2D eigenvalue weighted by atomic mass is 9.87. The van der Waals surface area contributed by atoms with Crippen molar-refractivity contribution in [3.05, 3.63) is 29.8 Å². The number of aliphatic hydroxyl groups is 1. The van der Waals surface area contributed by atoms with E-state index < -0.39 is 17.9 Å². The lowest BCUT2D eigenvalue weighted by molar-refractivity contribution is -0.136. The number of carbonyl (C=O) groups is 2. The molecular formula is C16H24N2O3. The second-order valence-corrected chi connectivity index (χ2v) is 6.04. The van der Waals surface area contributed by atoms with Crippen LogP contribution in [0.25, 0.3) is 0 Å². The molecule has 0 aliphatic rings. The van der Waals surface area contributed by atoms with E-state index in [2.05, 4.69) is 31.4 Å². The smallest absolute Gasteiger partial charge is 0.313 e. The number of amides is 2. The molecule has 0 bridgehead atoms. The van der Waals surface area contributed by atoms with E-state index in [-0.39, 0.29) is 12.0 Å². The Labute approximate surface area is 125 Å². The summed E-state index contributed by atoms with van der Waals surface area (Å²) in [6, 6.07) is 7.00. The Morgan fingerprint density at radius 3 is 2.14 bits per heavy atom. The van der Waals surface area contributed by atoms with Crippen LogP contribution in [0.5, 0.6) is 0 Å². The summed E-state index contributed by atoms with van der Waals surface area (Å²) < 4.78 is 0. The van der Waals surface area contributed by atoms with Gasteiger partial charge in [0.2, 0.25) is 0 Å². The molecule has 0 unspecified atom stereocenters. The Hall–Kier alpha value is -1.88. The predicted molar refractivity (Wildman–Crippen MR) is 83.1 cm³/mol. The van der Waals surface area contributed by atoms with E-state index in [1.54, 1.807) is 12.1 Å². The summed E-state index contributed by atoms with van der Waals surface area (Å²) in [4.78, 5) is 23.4. The standard InChI is InChI=1S/C16H24N2O3/c1-5-12(10-19)17-14(20)15(21)18-13-8-6-11(7-9-13)16(2,3)4/h6-9,12,19H,5,10H2,1-4H3,(H,17,20)(H,18,21)/t12-/m1/s1. The third-order valence-corrected chi connectivity index (χ3v) is 3.26. The molecule has 21 heavy (non-hydrogen) atoms. The molecular weight excluding hydrogens is 268 g/mol. The van der Waals surface area contributed by atoms with Crippen LogP contribution in [0.2, 0.25) is 0 Å². The van der Waals surface area contributed by atoms with E-state index in [4.69, 9.17) is 5.11 Å². The van der Waals surface area contributed by atoms with Crippen molar-refractivity contribution in [1.29, 1.82) is 0 Å². The summed E-state index contributed by atoms with van der Waals surface area (Å²) in [5, 5.41) is 14.0. The predicted octanol–water partition coefficient (Wildman–Crippen LogP) is 1.81. The molecule has 0 spiro atoms. The quantitative estimate of drug-likeness (QED) is 0.741. The molecule has 0 aliphatic carbocycles. The summed E-state index contributed by atoms with van der Waals surface area (Å²) >= 11 is 0. The zero-order valence-corrected chi connectivity index (χ0v) is 13.1. The van der Waals surface area contributed by atoms with E-state index >= 15 is 0 Å². The van der Waals surface area contributed by atoms with Gasteiger partial charge in [0.05, 0.1) is 12.6 Å². The Morgan fingerprint density at radius 1 is 1.14 bits per heavy atom. The number of anilines is 1. The molecule has 0 saturated carbocycles. The van der Waals surface area contributed by atoms with E-state index in [0.717, 1.165) is 5.56 Å². The largest absolute Gasteiger partial charge is 0.394 e. The summed E-state index contributed by atoms with van der Waals surface area (Å²) in [6.45, 7) is 7.95. The highest BCUT2D eigenvalue weighted by molar-refractivity contribution is 6.39. The number of hydrogen-bond acceptors (Lipinski definition) is 3. The fraction of sp³-hybridized carbons (Fsp3) is 0.500. The molecule has 5 nitrogen and oxygen atoms in total. The van der Waals surface area contributed by atoms with Crippen molar-refractivity contribution in [2.24, 2.45) is 0 Å². The van der Waals surface area contributed by atoms with E-state index in [9.17, 15) is 9.59 Å². The SMILES string of the molecule is CC[C@H](CO)NC(=O)C(=O)Nc1ccc(C(C)(C)C)cc1. The molecule has 0 radical (unpaired) electrons. The van der Waals surface area contributed by atoms with Gasteiger partial charge >= 0.3 is 11.8 Å². The van der Waals surface area contributed by atoms with Crippen molar-refractivity contribution in [2.45, 2.75) is 45.6 Å². The fourth-order valence-corrected chi connectivity index (χ4v) is 1.77. The number of aliphatic hydroxyl groups excluding tert-OH is 1. The normalized spacial score (nSPS) is 12.6. The molecule has 3 N–H and O–H groups in total. The van der Waals surface area contributed by atoms with Crippen LogP contribution in [0.15, 0.2) is 24.3 Å². The average molecular weight is 292 g/mol. The first-order chi connectivity index (χ1) is 9.77. The highest BCUT2D eigenvalue weighted by Crippen LogP contribution is 2.23. The van der Waals surface area contributed by atoms with Crippen LogP contribution < -0.4 is 10.6 Å². The van der Waals surface area contributed by atoms with Crippen molar-refractivity contribution in [1.82, 2.24) is 5.32 Å². The molecule has 116 valence electrons. The topological polar surface area (TPSA) is 78.4 Å². The average Bonchev–Trinajstić information content (AvgIpc) is 2.44. The van der Waals surface area contributed by atoms with E-state index in [0.29, 0.717) is 12.1 Å². The first kappa shape index (κ1) is 17.2. The minimum absolute atomic E-state index is 0.0371. The fourth-order valence-electron chi connectivity index (χ4n) is 1.77. The highest BCUT2D eigenvalue weighted by atomic mass is 16.3. The van der Waals surface area contributed by atoms with Gasteiger partial charge in [-0.25, -0.2) is 0 Å². The van der Waals surface area contributed by atoms with Gasteiger partial charge in [-0.3, -0.25) is 9.59 Å². The Morgan fingerprint density at radius 2 is 1.71 bits per heavy atom. The second kappa shape index (κ2) is 7.22. The zero-order valence-electron chi connectivity index (χ0n) is 13.1. The third kappa shape index (κ3) is 5.19. The van der Waals surface area contributed by atoms with Crippen LogP contribution in [0.4, 0.5) is 5.69 Å². The lowest BCUT2D eigenvalue weighted by Gasteiger charge is -2.19. The van der Waals surface area contributed by atoms with Crippen LogP contribution in [-0.4, -0.2) is 29.6 Å². The summed E-state index contributed by atoms with van der Waals surface area (Å²) in [5.41, 5.74) is 1.76. The van der Waals surface area contributed by atoms with Gasteiger partial charge in [0.1, 0.15) is 0 Å². The van der Waals surface area contributed by atoms with Gasteiger partial charge in [-0.2, -0.15) is 0 Å². The maximum atomic E-state index is 11.8. The molecule has 0 aromatic heterocycles. The summed E-state index contributed by atoms with van der Waals surface area (Å²) in [6.07, 6.45) is 0.565.